The molecule has 0 bridgehead atoms. The lowest BCUT2D eigenvalue weighted by molar-refractivity contribution is 0.300. The zero-order valence-electron chi connectivity index (χ0n) is 18.4. The Morgan fingerprint density at radius 2 is 1.72 bits per heavy atom. The minimum absolute atomic E-state index is 0.393. The fraction of sp³-hybridized carbons (Fsp3) is 0.148. The number of nitrogens with zero attached hydrogens (tertiary/aromatic N) is 4. The number of pyridine rings is 2. The Morgan fingerprint density at radius 3 is 2.53 bits per heavy atom. The van der Waals surface area contributed by atoms with Crippen molar-refractivity contribution in [2.45, 2.75) is 20.5 Å². The molecule has 0 aliphatic rings. The summed E-state index contributed by atoms with van der Waals surface area (Å²) in [5.74, 6) is 0.801. The van der Waals surface area contributed by atoms with Crippen LogP contribution in [0.4, 0.5) is 0 Å². The molecule has 0 spiro atoms. The summed E-state index contributed by atoms with van der Waals surface area (Å²) in [4.78, 5) is 9.15. The van der Waals surface area contributed by atoms with Crippen LogP contribution in [-0.2, 0) is 13.7 Å². The highest BCUT2D eigenvalue weighted by Gasteiger charge is 2.12. The smallest absolute Gasteiger partial charge is 0.133 e. The van der Waals surface area contributed by atoms with Crippen LogP contribution in [0.2, 0.25) is 0 Å². The van der Waals surface area contributed by atoms with Crippen molar-refractivity contribution < 1.29 is 4.74 Å². The van der Waals surface area contributed by atoms with E-state index in [2.05, 4.69) is 47.3 Å². The van der Waals surface area contributed by atoms with Crippen molar-refractivity contribution in [3.05, 3.63) is 96.1 Å². The molecule has 0 N–H and O–H groups in total. The number of para-hydroxylation sites is 1. The largest absolute Gasteiger partial charge is 0.487 e. The van der Waals surface area contributed by atoms with Gasteiger partial charge in [0.2, 0.25) is 0 Å². The third-order valence-electron chi connectivity index (χ3n) is 5.53. The first-order valence-electron chi connectivity index (χ1n) is 10.6. The Kier molecular flexibility index (Phi) is 5.15. The highest BCUT2D eigenvalue weighted by Crippen LogP contribution is 2.28. The lowest BCUT2D eigenvalue weighted by atomic mass is 10.0. The molecule has 0 fully saturated rings. The number of aromatic nitrogens is 4. The Bertz CT molecular complexity index is 1400. The summed E-state index contributed by atoms with van der Waals surface area (Å²) in [5, 5.41) is 5.76. The lowest BCUT2D eigenvalue weighted by Crippen LogP contribution is -1.99. The van der Waals surface area contributed by atoms with Crippen LogP contribution in [0.15, 0.2) is 79.1 Å². The van der Waals surface area contributed by atoms with Gasteiger partial charge < -0.3 is 4.74 Å². The number of hydrogen-bond donors (Lipinski definition) is 0. The summed E-state index contributed by atoms with van der Waals surface area (Å²) in [7, 11) is 1.93. The van der Waals surface area contributed by atoms with Crippen molar-refractivity contribution in [2.75, 3.05) is 0 Å². The molecule has 32 heavy (non-hydrogen) atoms. The van der Waals surface area contributed by atoms with Crippen molar-refractivity contribution in [1.29, 1.82) is 0 Å². The number of ether oxygens (including phenoxy) is 1. The summed E-state index contributed by atoms with van der Waals surface area (Å²) in [6.45, 7) is 4.48. The van der Waals surface area contributed by atoms with Crippen LogP contribution in [0.1, 0.15) is 17.0 Å². The molecule has 0 unspecified atom stereocenters. The zero-order chi connectivity index (χ0) is 22.1. The molecule has 0 saturated carbocycles. The van der Waals surface area contributed by atoms with Crippen molar-refractivity contribution in [2.24, 2.45) is 7.05 Å². The number of rotatable bonds is 5. The van der Waals surface area contributed by atoms with E-state index in [1.54, 1.807) is 0 Å². The molecule has 158 valence electrons. The summed E-state index contributed by atoms with van der Waals surface area (Å²) in [6.07, 6.45) is 3.84. The van der Waals surface area contributed by atoms with Crippen LogP contribution in [-0.4, -0.2) is 19.7 Å². The summed E-state index contributed by atoms with van der Waals surface area (Å²) in [6, 6.07) is 22.6. The van der Waals surface area contributed by atoms with Gasteiger partial charge in [0.15, 0.2) is 0 Å². The quantitative estimate of drug-likeness (QED) is 0.356. The van der Waals surface area contributed by atoms with Crippen LogP contribution in [0.3, 0.4) is 0 Å². The molecule has 0 atom stereocenters. The minimum atomic E-state index is 0.393. The lowest BCUT2D eigenvalue weighted by Gasteiger charge is -2.10. The van der Waals surface area contributed by atoms with Crippen LogP contribution in [0.25, 0.3) is 33.3 Å². The second-order valence-electron chi connectivity index (χ2n) is 8.01. The molecule has 5 nitrogen and oxygen atoms in total. The molecule has 5 heteroatoms. The first kappa shape index (κ1) is 19.9. The van der Waals surface area contributed by atoms with E-state index in [4.69, 9.17) is 9.72 Å². The number of hydrogen-bond acceptors (Lipinski definition) is 4. The van der Waals surface area contributed by atoms with Gasteiger partial charge in [-0.25, -0.2) is 4.98 Å². The normalized spacial score (nSPS) is 11.1. The maximum absolute atomic E-state index is 6.08. The standard InChI is InChI=1S/C27H24N4O/c1-18-14-22-6-4-5-7-25(22)29-27(18)20-8-10-23(11-9-20)32-17-26-24(16-31(3)30-26)21-12-13-28-19(2)15-21/h4-16H,17H2,1-3H3. The molecule has 0 amide bonds. The van der Waals surface area contributed by atoms with E-state index < -0.39 is 0 Å². The second kappa shape index (κ2) is 8.27. The minimum Gasteiger partial charge on any atom is -0.487 e. The molecule has 3 aromatic heterocycles. The van der Waals surface area contributed by atoms with Crippen molar-refractivity contribution in [3.8, 4) is 28.1 Å². The van der Waals surface area contributed by atoms with Crippen LogP contribution >= 0.6 is 0 Å². The Hall–Kier alpha value is -3.99. The molecule has 0 aliphatic carbocycles. The average molecular weight is 421 g/mol. The van der Waals surface area contributed by atoms with Crippen molar-refractivity contribution in [1.82, 2.24) is 19.7 Å². The molecular formula is C27H24N4O. The van der Waals surface area contributed by atoms with Gasteiger partial charge in [0.1, 0.15) is 18.1 Å². The van der Waals surface area contributed by atoms with Gasteiger partial charge in [-0.3, -0.25) is 9.67 Å². The van der Waals surface area contributed by atoms with Gasteiger partial charge in [-0.1, -0.05) is 18.2 Å². The molecule has 0 saturated heterocycles. The van der Waals surface area contributed by atoms with Gasteiger partial charge in [0.05, 0.1) is 11.2 Å². The van der Waals surface area contributed by atoms with Gasteiger partial charge in [-0.05, 0) is 73.5 Å². The molecule has 5 rings (SSSR count). The van der Waals surface area contributed by atoms with Crippen molar-refractivity contribution in [3.63, 3.8) is 0 Å². The van der Waals surface area contributed by atoms with E-state index in [1.165, 1.54) is 0 Å². The molecule has 0 radical (unpaired) electrons. The number of aryl methyl sites for hydroxylation is 3. The third kappa shape index (κ3) is 3.97. The van der Waals surface area contributed by atoms with E-state index in [1.807, 2.05) is 67.4 Å². The first-order chi connectivity index (χ1) is 15.6. The summed E-state index contributed by atoms with van der Waals surface area (Å²) >= 11 is 0. The fourth-order valence-electron chi connectivity index (χ4n) is 3.97. The van der Waals surface area contributed by atoms with Crippen molar-refractivity contribution >= 4 is 10.9 Å². The number of fused-ring (bicyclic) bond motifs is 1. The third-order valence-corrected chi connectivity index (χ3v) is 5.53. The van der Waals surface area contributed by atoms with Gasteiger partial charge in [0, 0.05) is 41.6 Å². The highest BCUT2D eigenvalue weighted by molar-refractivity contribution is 5.83. The number of benzene rings is 2. The van der Waals surface area contributed by atoms with Gasteiger partial charge >= 0.3 is 0 Å². The summed E-state index contributed by atoms with van der Waals surface area (Å²) < 4.78 is 7.90. The molecule has 0 aliphatic heterocycles. The predicted molar refractivity (Wildman–Crippen MR) is 127 cm³/mol. The fourth-order valence-corrected chi connectivity index (χ4v) is 3.97. The molecular weight excluding hydrogens is 396 g/mol. The van der Waals surface area contributed by atoms with Crippen LogP contribution in [0.5, 0.6) is 5.75 Å². The second-order valence-corrected chi connectivity index (χ2v) is 8.01. The maximum atomic E-state index is 6.08. The van der Waals surface area contributed by atoms with Crippen LogP contribution in [0, 0.1) is 13.8 Å². The topological polar surface area (TPSA) is 52.8 Å². The molecule has 2 aromatic carbocycles. The zero-order valence-corrected chi connectivity index (χ0v) is 18.4. The summed E-state index contributed by atoms with van der Waals surface area (Å²) in [5.41, 5.74) is 8.26. The van der Waals surface area contributed by atoms with E-state index in [-0.39, 0.29) is 0 Å². The average Bonchev–Trinajstić information content (AvgIpc) is 3.18. The Labute approximate surface area is 187 Å². The monoisotopic (exact) mass is 420 g/mol. The Morgan fingerprint density at radius 1 is 0.906 bits per heavy atom. The van der Waals surface area contributed by atoms with E-state index in [0.29, 0.717) is 6.61 Å². The van der Waals surface area contributed by atoms with E-state index in [0.717, 1.165) is 56.0 Å². The highest BCUT2D eigenvalue weighted by atomic mass is 16.5. The van der Waals surface area contributed by atoms with E-state index in [9.17, 15) is 0 Å². The van der Waals surface area contributed by atoms with E-state index >= 15 is 0 Å². The maximum Gasteiger partial charge on any atom is 0.133 e. The van der Waals surface area contributed by atoms with Gasteiger partial charge in [-0.2, -0.15) is 5.10 Å². The molecule has 5 aromatic rings. The van der Waals surface area contributed by atoms with Crippen LogP contribution < -0.4 is 4.74 Å². The predicted octanol–water partition coefficient (Wildman–Crippen LogP) is 5.89. The van der Waals surface area contributed by atoms with Gasteiger partial charge in [-0.15, -0.1) is 0 Å². The first-order valence-corrected chi connectivity index (χ1v) is 10.6. The Balaban J connectivity index is 1.36. The SMILES string of the molecule is Cc1cc(-c2cn(C)nc2COc2ccc(-c3nc4ccccc4cc3C)cc2)ccn1. The molecule has 3 heterocycles. The van der Waals surface area contributed by atoms with Gasteiger partial charge in [0.25, 0.3) is 0 Å².